The van der Waals surface area contributed by atoms with E-state index in [0.717, 1.165) is 6.42 Å². The first-order chi connectivity index (χ1) is 14.5. The molecule has 154 valence electrons. The summed E-state index contributed by atoms with van der Waals surface area (Å²) in [6, 6.07) is 17.0. The Bertz CT molecular complexity index is 1020. The monoisotopic (exact) mass is 423 g/mol. The molecule has 1 heterocycles. The van der Waals surface area contributed by atoms with Crippen molar-refractivity contribution in [3.63, 3.8) is 0 Å². The second kappa shape index (κ2) is 10.2. The Morgan fingerprint density at radius 3 is 2.37 bits per heavy atom. The Labute approximate surface area is 179 Å². The number of ether oxygens (including phenoxy) is 1. The number of rotatable bonds is 7. The lowest BCUT2D eigenvalue weighted by molar-refractivity contribution is 0.0974. The van der Waals surface area contributed by atoms with Gasteiger partial charge >= 0.3 is 0 Å². The van der Waals surface area contributed by atoms with Crippen LogP contribution in [0.15, 0.2) is 71.3 Å². The molecule has 3 rings (SSSR count). The summed E-state index contributed by atoms with van der Waals surface area (Å²) in [4.78, 5) is 24.4. The van der Waals surface area contributed by atoms with Crippen molar-refractivity contribution in [2.24, 2.45) is 0 Å². The lowest BCUT2D eigenvalue weighted by atomic mass is 10.2. The molecule has 2 aromatic carbocycles. The van der Waals surface area contributed by atoms with Crippen molar-refractivity contribution in [3.8, 4) is 5.75 Å². The van der Waals surface area contributed by atoms with Crippen LogP contribution in [-0.2, 0) is 0 Å². The number of benzene rings is 2. The van der Waals surface area contributed by atoms with Crippen LogP contribution in [-0.4, -0.2) is 23.5 Å². The van der Waals surface area contributed by atoms with Gasteiger partial charge in [0.2, 0.25) is 0 Å². The van der Waals surface area contributed by atoms with Crippen molar-refractivity contribution in [1.82, 2.24) is 5.32 Å². The molecule has 0 fully saturated rings. The predicted octanol–water partition coefficient (Wildman–Crippen LogP) is 4.45. The summed E-state index contributed by atoms with van der Waals surface area (Å²) in [7, 11) is 0. The minimum atomic E-state index is -0.339. The lowest BCUT2D eigenvalue weighted by Crippen LogP contribution is -2.34. The first-order valence-corrected chi connectivity index (χ1v) is 9.76. The summed E-state index contributed by atoms with van der Waals surface area (Å²) < 4.78 is 10.6. The highest BCUT2D eigenvalue weighted by molar-refractivity contribution is 7.80. The molecule has 3 aromatic rings. The molecule has 0 aliphatic rings. The molecule has 7 nitrogen and oxygen atoms in total. The van der Waals surface area contributed by atoms with Gasteiger partial charge in [-0.15, -0.1) is 0 Å². The van der Waals surface area contributed by atoms with Crippen LogP contribution in [0, 0.1) is 0 Å². The highest BCUT2D eigenvalue weighted by Crippen LogP contribution is 2.16. The number of hydrogen-bond donors (Lipinski definition) is 3. The molecule has 8 heteroatoms. The van der Waals surface area contributed by atoms with Crippen molar-refractivity contribution >= 4 is 40.5 Å². The van der Waals surface area contributed by atoms with Crippen molar-refractivity contribution in [2.75, 3.05) is 17.2 Å². The minimum Gasteiger partial charge on any atom is -0.494 e. The standard InChI is InChI=1S/C22H21N3O4S/c1-2-12-28-18-6-3-5-15(14-18)20(26)25-22(30)24-17-10-8-16(9-11-17)23-21(27)19-7-4-13-29-19/h3-11,13-14H,2,12H2,1H3,(H,23,27)(H2,24,25,26,30). The van der Waals surface area contributed by atoms with E-state index in [-0.39, 0.29) is 22.7 Å². The van der Waals surface area contributed by atoms with Gasteiger partial charge in [-0.05, 0) is 73.2 Å². The maximum Gasteiger partial charge on any atom is 0.291 e. The number of thiocarbonyl (C=S) groups is 1. The molecule has 0 aliphatic carbocycles. The number of nitrogens with one attached hydrogen (secondary N) is 3. The summed E-state index contributed by atoms with van der Waals surface area (Å²) in [5, 5.41) is 8.46. The van der Waals surface area contributed by atoms with Gasteiger partial charge in [-0.3, -0.25) is 14.9 Å². The first kappa shape index (κ1) is 21.1. The number of hydrogen-bond acceptors (Lipinski definition) is 5. The Balaban J connectivity index is 1.53. The summed E-state index contributed by atoms with van der Waals surface area (Å²) >= 11 is 5.22. The fraction of sp³-hybridized carbons (Fsp3) is 0.136. The van der Waals surface area contributed by atoms with E-state index in [1.165, 1.54) is 6.26 Å². The van der Waals surface area contributed by atoms with E-state index in [4.69, 9.17) is 21.4 Å². The van der Waals surface area contributed by atoms with Crippen molar-refractivity contribution in [1.29, 1.82) is 0 Å². The van der Waals surface area contributed by atoms with Crippen LogP contribution in [0.4, 0.5) is 11.4 Å². The van der Waals surface area contributed by atoms with Gasteiger partial charge in [-0.1, -0.05) is 13.0 Å². The maximum absolute atomic E-state index is 12.4. The quantitative estimate of drug-likeness (QED) is 0.486. The zero-order valence-corrected chi connectivity index (χ0v) is 17.1. The zero-order chi connectivity index (χ0) is 21.3. The second-order valence-corrected chi connectivity index (χ2v) is 6.70. The molecular formula is C22H21N3O4S. The molecule has 0 spiro atoms. The van der Waals surface area contributed by atoms with Gasteiger partial charge in [-0.2, -0.15) is 0 Å². The highest BCUT2D eigenvalue weighted by atomic mass is 32.1. The van der Waals surface area contributed by atoms with Crippen LogP contribution in [0.2, 0.25) is 0 Å². The van der Waals surface area contributed by atoms with Gasteiger partial charge < -0.3 is 19.8 Å². The first-order valence-electron chi connectivity index (χ1n) is 9.35. The third kappa shape index (κ3) is 5.92. The molecule has 0 aliphatic heterocycles. The van der Waals surface area contributed by atoms with Crippen LogP contribution in [0.3, 0.4) is 0 Å². The van der Waals surface area contributed by atoms with E-state index in [9.17, 15) is 9.59 Å². The van der Waals surface area contributed by atoms with Crippen LogP contribution in [0.1, 0.15) is 34.3 Å². The smallest absolute Gasteiger partial charge is 0.291 e. The molecular weight excluding hydrogens is 402 g/mol. The zero-order valence-electron chi connectivity index (χ0n) is 16.3. The third-order valence-corrected chi connectivity index (χ3v) is 4.15. The molecule has 0 unspecified atom stereocenters. The summed E-state index contributed by atoms with van der Waals surface area (Å²) in [5.74, 6) is 0.186. The number of furan rings is 1. The molecule has 0 bridgehead atoms. The Morgan fingerprint density at radius 1 is 0.967 bits per heavy atom. The van der Waals surface area contributed by atoms with Crippen molar-refractivity contribution < 1.29 is 18.7 Å². The molecule has 0 atom stereocenters. The average molecular weight is 423 g/mol. The predicted molar refractivity (Wildman–Crippen MR) is 119 cm³/mol. The topological polar surface area (TPSA) is 92.6 Å². The lowest BCUT2D eigenvalue weighted by Gasteiger charge is -2.11. The van der Waals surface area contributed by atoms with Crippen molar-refractivity contribution in [3.05, 3.63) is 78.3 Å². The Hall–Kier alpha value is -3.65. The maximum atomic E-state index is 12.4. The molecule has 0 saturated heterocycles. The number of amides is 2. The van der Waals surface area contributed by atoms with Gasteiger partial charge in [0, 0.05) is 16.9 Å². The van der Waals surface area contributed by atoms with Crippen molar-refractivity contribution in [2.45, 2.75) is 13.3 Å². The highest BCUT2D eigenvalue weighted by Gasteiger charge is 2.10. The van der Waals surface area contributed by atoms with Gasteiger partial charge in [0.05, 0.1) is 12.9 Å². The van der Waals surface area contributed by atoms with E-state index >= 15 is 0 Å². The normalized spacial score (nSPS) is 10.2. The van der Waals surface area contributed by atoms with Crippen LogP contribution in [0.25, 0.3) is 0 Å². The van der Waals surface area contributed by atoms with E-state index in [0.29, 0.717) is 29.3 Å². The van der Waals surface area contributed by atoms with Crippen LogP contribution >= 0.6 is 12.2 Å². The largest absolute Gasteiger partial charge is 0.494 e. The van der Waals surface area contributed by atoms with Crippen LogP contribution in [0.5, 0.6) is 5.75 Å². The second-order valence-electron chi connectivity index (χ2n) is 6.29. The molecule has 1 aromatic heterocycles. The Kier molecular flexibility index (Phi) is 7.18. The van der Waals surface area contributed by atoms with Gasteiger partial charge in [0.25, 0.3) is 11.8 Å². The molecule has 0 saturated carbocycles. The van der Waals surface area contributed by atoms with Crippen LogP contribution < -0.4 is 20.7 Å². The average Bonchev–Trinajstić information content (AvgIpc) is 3.29. The third-order valence-electron chi connectivity index (χ3n) is 3.94. The SMILES string of the molecule is CCCOc1cccc(C(=O)NC(=S)Nc2ccc(NC(=O)c3ccco3)cc2)c1. The summed E-state index contributed by atoms with van der Waals surface area (Å²) in [6.07, 6.45) is 2.32. The fourth-order valence-corrected chi connectivity index (χ4v) is 2.73. The molecule has 30 heavy (non-hydrogen) atoms. The molecule has 3 N–H and O–H groups in total. The van der Waals surface area contributed by atoms with E-state index in [1.807, 2.05) is 6.92 Å². The van der Waals surface area contributed by atoms with E-state index in [1.54, 1.807) is 60.7 Å². The van der Waals surface area contributed by atoms with E-state index < -0.39 is 0 Å². The summed E-state index contributed by atoms with van der Waals surface area (Å²) in [5.41, 5.74) is 1.71. The molecule has 2 amide bonds. The van der Waals surface area contributed by atoms with Gasteiger partial charge in [0.15, 0.2) is 10.9 Å². The van der Waals surface area contributed by atoms with E-state index in [2.05, 4.69) is 16.0 Å². The fourth-order valence-electron chi connectivity index (χ4n) is 2.52. The number of carbonyl (C=O) groups excluding carboxylic acids is 2. The summed E-state index contributed by atoms with van der Waals surface area (Å²) in [6.45, 7) is 2.60. The minimum absolute atomic E-state index is 0.159. The van der Waals surface area contributed by atoms with Gasteiger partial charge in [-0.25, -0.2) is 0 Å². The number of anilines is 2. The number of carbonyl (C=O) groups is 2. The van der Waals surface area contributed by atoms with Gasteiger partial charge in [0.1, 0.15) is 5.75 Å². The molecule has 0 radical (unpaired) electrons. The Morgan fingerprint density at radius 2 is 1.70 bits per heavy atom.